The summed E-state index contributed by atoms with van der Waals surface area (Å²) in [6.07, 6.45) is -0.0225. The first-order chi connectivity index (χ1) is 9.81. The summed E-state index contributed by atoms with van der Waals surface area (Å²) in [7, 11) is 1.63. The van der Waals surface area contributed by atoms with Crippen molar-refractivity contribution < 1.29 is 13.9 Å². The van der Waals surface area contributed by atoms with Crippen LogP contribution in [0.1, 0.15) is 32.8 Å². The van der Waals surface area contributed by atoms with Crippen LogP contribution in [0.15, 0.2) is 12.1 Å². The van der Waals surface area contributed by atoms with Crippen LogP contribution in [0.3, 0.4) is 0 Å². The molecule has 2 N–H and O–H groups in total. The summed E-state index contributed by atoms with van der Waals surface area (Å²) < 4.78 is 28.2. The van der Waals surface area contributed by atoms with E-state index in [-0.39, 0.29) is 5.69 Å². The van der Waals surface area contributed by atoms with Gasteiger partial charge in [-0.05, 0) is 43.5 Å². The van der Waals surface area contributed by atoms with Crippen molar-refractivity contribution in [3.05, 3.63) is 29.3 Å². The number of aliphatic hydroxyl groups is 1. The van der Waals surface area contributed by atoms with Gasteiger partial charge in [-0.3, -0.25) is 0 Å². The highest BCUT2D eigenvalue weighted by molar-refractivity contribution is 5.50. The lowest BCUT2D eigenvalue weighted by Gasteiger charge is -2.22. The van der Waals surface area contributed by atoms with Crippen LogP contribution < -0.4 is 10.2 Å². The molecule has 0 aliphatic heterocycles. The second-order valence-corrected chi connectivity index (χ2v) is 5.99. The molecule has 0 bridgehead atoms. The zero-order valence-electron chi connectivity index (χ0n) is 13.3. The normalized spacial score (nSPS) is 12.8. The van der Waals surface area contributed by atoms with Gasteiger partial charge >= 0.3 is 0 Å². The van der Waals surface area contributed by atoms with E-state index in [0.717, 1.165) is 6.54 Å². The monoisotopic (exact) mass is 300 g/mol. The molecule has 120 valence electrons. The van der Waals surface area contributed by atoms with E-state index < -0.39 is 17.7 Å². The lowest BCUT2D eigenvalue weighted by atomic mass is 10.1. The summed E-state index contributed by atoms with van der Waals surface area (Å²) >= 11 is 0. The number of halogens is 2. The summed E-state index contributed by atoms with van der Waals surface area (Å²) in [5, 5.41) is 12.4. The van der Waals surface area contributed by atoms with E-state index in [1.54, 1.807) is 14.0 Å². The van der Waals surface area contributed by atoms with Crippen molar-refractivity contribution in [2.45, 2.75) is 39.8 Å². The quantitative estimate of drug-likeness (QED) is 0.775. The molecule has 0 aromatic heterocycles. The van der Waals surface area contributed by atoms with Crippen molar-refractivity contribution in [1.82, 2.24) is 5.32 Å². The predicted octanol–water partition coefficient (Wildman–Crippen LogP) is 2.92. The maximum atomic E-state index is 14.1. The lowest BCUT2D eigenvalue weighted by molar-refractivity contribution is 0.186. The zero-order valence-corrected chi connectivity index (χ0v) is 13.3. The summed E-state index contributed by atoms with van der Waals surface area (Å²) in [5.74, 6) is -0.639. The Bertz CT molecular complexity index is 427. The van der Waals surface area contributed by atoms with E-state index >= 15 is 0 Å². The topological polar surface area (TPSA) is 35.5 Å². The van der Waals surface area contributed by atoms with Gasteiger partial charge in [0.1, 0.15) is 17.3 Å². The Kier molecular flexibility index (Phi) is 7.05. The smallest absolute Gasteiger partial charge is 0.149 e. The zero-order chi connectivity index (χ0) is 16.0. The molecule has 0 saturated heterocycles. The minimum atomic E-state index is -0.565. The van der Waals surface area contributed by atoms with Gasteiger partial charge in [-0.25, -0.2) is 8.78 Å². The SMILES string of the molecule is CC(C)CNCc1cc(F)c(N(C)CCC(C)O)c(F)c1. The highest BCUT2D eigenvalue weighted by atomic mass is 19.1. The van der Waals surface area contributed by atoms with Crippen molar-refractivity contribution in [1.29, 1.82) is 0 Å². The number of hydrogen-bond donors (Lipinski definition) is 2. The van der Waals surface area contributed by atoms with E-state index in [4.69, 9.17) is 0 Å². The molecule has 0 spiro atoms. The van der Waals surface area contributed by atoms with E-state index in [1.807, 2.05) is 0 Å². The first-order valence-corrected chi connectivity index (χ1v) is 7.39. The van der Waals surface area contributed by atoms with Gasteiger partial charge in [0.25, 0.3) is 0 Å². The second-order valence-electron chi connectivity index (χ2n) is 5.99. The van der Waals surface area contributed by atoms with E-state index in [9.17, 15) is 13.9 Å². The largest absolute Gasteiger partial charge is 0.393 e. The molecular weight excluding hydrogens is 274 g/mol. The Morgan fingerprint density at radius 3 is 2.24 bits per heavy atom. The number of rotatable bonds is 8. The number of anilines is 1. The van der Waals surface area contributed by atoms with Gasteiger partial charge < -0.3 is 15.3 Å². The Morgan fingerprint density at radius 2 is 1.76 bits per heavy atom. The summed E-state index contributed by atoms with van der Waals surface area (Å²) in [5.41, 5.74) is 0.557. The summed E-state index contributed by atoms with van der Waals surface area (Å²) in [6.45, 7) is 7.46. The molecular formula is C16H26F2N2O. The molecule has 3 nitrogen and oxygen atoms in total. The van der Waals surface area contributed by atoms with Crippen molar-refractivity contribution in [3.63, 3.8) is 0 Å². The Labute approximate surface area is 126 Å². The molecule has 5 heteroatoms. The van der Waals surface area contributed by atoms with Crippen LogP contribution in [-0.2, 0) is 6.54 Å². The number of nitrogens with one attached hydrogen (secondary N) is 1. The van der Waals surface area contributed by atoms with Gasteiger partial charge in [-0.15, -0.1) is 0 Å². The molecule has 1 unspecified atom stereocenters. The molecule has 1 atom stereocenters. The Hall–Kier alpha value is -1.20. The maximum Gasteiger partial charge on any atom is 0.149 e. The Balaban J connectivity index is 2.75. The standard InChI is InChI=1S/C16H26F2N2O/c1-11(2)9-19-10-13-7-14(17)16(15(18)8-13)20(4)6-5-12(3)21/h7-8,11-12,19,21H,5-6,9-10H2,1-4H3. The molecule has 0 aliphatic rings. The van der Waals surface area contributed by atoms with E-state index in [1.165, 1.54) is 17.0 Å². The van der Waals surface area contributed by atoms with Gasteiger partial charge in [0.15, 0.2) is 0 Å². The van der Waals surface area contributed by atoms with Crippen LogP contribution in [0.4, 0.5) is 14.5 Å². The summed E-state index contributed by atoms with van der Waals surface area (Å²) in [6, 6.07) is 2.73. The van der Waals surface area contributed by atoms with Crippen molar-refractivity contribution in [3.8, 4) is 0 Å². The van der Waals surface area contributed by atoms with Crippen LogP contribution in [0.2, 0.25) is 0 Å². The minimum absolute atomic E-state index is 0.0386. The first-order valence-electron chi connectivity index (χ1n) is 7.39. The van der Waals surface area contributed by atoms with E-state index in [2.05, 4.69) is 19.2 Å². The fourth-order valence-electron chi connectivity index (χ4n) is 2.08. The molecule has 21 heavy (non-hydrogen) atoms. The maximum absolute atomic E-state index is 14.1. The summed E-state index contributed by atoms with van der Waals surface area (Å²) in [4.78, 5) is 1.50. The number of aliphatic hydroxyl groups excluding tert-OH is 1. The number of hydrogen-bond acceptors (Lipinski definition) is 3. The molecule has 1 aromatic rings. The first kappa shape index (κ1) is 17.9. The number of nitrogens with zero attached hydrogens (tertiary/aromatic N) is 1. The highest BCUT2D eigenvalue weighted by Gasteiger charge is 2.15. The average Bonchev–Trinajstić information content (AvgIpc) is 2.35. The fourth-order valence-corrected chi connectivity index (χ4v) is 2.08. The molecule has 0 heterocycles. The van der Waals surface area contributed by atoms with Crippen LogP contribution >= 0.6 is 0 Å². The lowest BCUT2D eigenvalue weighted by Crippen LogP contribution is -2.24. The van der Waals surface area contributed by atoms with Crippen LogP contribution in [-0.4, -0.2) is 31.3 Å². The van der Waals surface area contributed by atoms with Gasteiger partial charge in [-0.1, -0.05) is 13.8 Å². The highest BCUT2D eigenvalue weighted by Crippen LogP contribution is 2.24. The second kappa shape index (κ2) is 8.29. The number of benzene rings is 1. The van der Waals surface area contributed by atoms with Crippen molar-refractivity contribution >= 4 is 5.69 Å². The molecule has 0 radical (unpaired) electrons. The minimum Gasteiger partial charge on any atom is -0.393 e. The van der Waals surface area contributed by atoms with Crippen molar-refractivity contribution in [2.75, 3.05) is 25.0 Å². The third-order valence-corrected chi connectivity index (χ3v) is 3.22. The Morgan fingerprint density at radius 1 is 1.19 bits per heavy atom. The fraction of sp³-hybridized carbons (Fsp3) is 0.625. The molecule has 0 aliphatic carbocycles. The predicted molar refractivity (Wildman–Crippen MR) is 82.5 cm³/mol. The molecule has 0 saturated carbocycles. The molecule has 0 amide bonds. The molecule has 1 rings (SSSR count). The van der Waals surface area contributed by atoms with Crippen LogP contribution in [0.25, 0.3) is 0 Å². The molecule has 1 aromatic carbocycles. The third kappa shape index (κ3) is 5.98. The van der Waals surface area contributed by atoms with Gasteiger partial charge in [-0.2, -0.15) is 0 Å². The average molecular weight is 300 g/mol. The van der Waals surface area contributed by atoms with Crippen LogP contribution in [0.5, 0.6) is 0 Å². The van der Waals surface area contributed by atoms with Gasteiger partial charge in [0.05, 0.1) is 6.10 Å². The third-order valence-electron chi connectivity index (χ3n) is 3.22. The van der Waals surface area contributed by atoms with Gasteiger partial charge in [0.2, 0.25) is 0 Å². The molecule has 0 fully saturated rings. The van der Waals surface area contributed by atoms with E-state index in [0.29, 0.717) is 31.0 Å². The van der Waals surface area contributed by atoms with Crippen molar-refractivity contribution in [2.24, 2.45) is 5.92 Å². The van der Waals surface area contributed by atoms with Gasteiger partial charge in [0, 0.05) is 20.1 Å². The van der Waals surface area contributed by atoms with Crippen LogP contribution in [0, 0.1) is 17.6 Å².